The molecule has 1 aromatic carbocycles. The monoisotopic (exact) mass is 368 g/mol. The predicted molar refractivity (Wildman–Crippen MR) is 104 cm³/mol. The van der Waals surface area contributed by atoms with Crippen molar-refractivity contribution in [2.75, 3.05) is 6.61 Å². The number of hydrogen-bond acceptors (Lipinski definition) is 5. The van der Waals surface area contributed by atoms with E-state index in [9.17, 15) is 5.11 Å². The fourth-order valence-corrected chi connectivity index (χ4v) is 3.27. The Bertz CT molecular complexity index is 874. The Morgan fingerprint density at radius 1 is 1.08 bits per heavy atom. The Kier molecular flexibility index (Phi) is 5.48. The minimum atomic E-state index is -1.11. The van der Waals surface area contributed by atoms with Gasteiger partial charge >= 0.3 is 0 Å². The molecular weight excluding hydrogens is 344 g/mol. The minimum Gasteiger partial charge on any atom is -0.508 e. The van der Waals surface area contributed by atoms with Gasteiger partial charge in [0.2, 0.25) is 0 Å². The third-order valence-electron chi connectivity index (χ3n) is 4.00. The molecule has 2 aromatic heterocycles. The van der Waals surface area contributed by atoms with Gasteiger partial charge in [-0.1, -0.05) is 31.8 Å². The fraction of sp³-hybridized carbons (Fsp3) is 0.316. The predicted octanol–water partition coefficient (Wildman–Crippen LogP) is 4.03. The lowest BCUT2D eigenvalue weighted by atomic mass is 10.1. The molecular formula is C19H24N4O2Si. The van der Waals surface area contributed by atoms with E-state index in [0.717, 1.165) is 29.3 Å². The Morgan fingerprint density at radius 2 is 1.88 bits per heavy atom. The molecule has 1 N–H and O–H groups in total. The van der Waals surface area contributed by atoms with Gasteiger partial charge in [0.25, 0.3) is 0 Å². The molecule has 3 aromatic rings. The number of hydrogen-bond donors (Lipinski definition) is 1. The van der Waals surface area contributed by atoms with Crippen LogP contribution in [0.3, 0.4) is 0 Å². The topological polar surface area (TPSA) is 73.1 Å². The van der Waals surface area contributed by atoms with Crippen molar-refractivity contribution in [1.29, 1.82) is 0 Å². The number of benzene rings is 1. The van der Waals surface area contributed by atoms with Crippen molar-refractivity contribution < 1.29 is 9.84 Å². The van der Waals surface area contributed by atoms with Crippen molar-refractivity contribution in [3.05, 3.63) is 49.1 Å². The lowest BCUT2D eigenvalue weighted by Crippen LogP contribution is -2.22. The third kappa shape index (κ3) is 4.77. The summed E-state index contributed by atoms with van der Waals surface area (Å²) in [4.78, 5) is 8.68. The van der Waals surface area contributed by atoms with Crippen molar-refractivity contribution >= 4 is 8.07 Å². The van der Waals surface area contributed by atoms with E-state index in [2.05, 4.69) is 34.7 Å². The first-order valence-electron chi connectivity index (χ1n) is 8.63. The molecule has 6 nitrogen and oxygen atoms in total. The summed E-state index contributed by atoms with van der Waals surface area (Å²) in [6, 6.07) is 10.2. The van der Waals surface area contributed by atoms with Crippen LogP contribution in [0.5, 0.6) is 5.75 Å². The maximum Gasteiger partial charge on any atom is 0.162 e. The number of ether oxygens (including phenoxy) is 1. The average Bonchev–Trinajstić information content (AvgIpc) is 3.07. The summed E-state index contributed by atoms with van der Waals surface area (Å²) in [7, 11) is -1.11. The van der Waals surface area contributed by atoms with E-state index >= 15 is 0 Å². The van der Waals surface area contributed by atoms with Gasteiger partial charge in [0.05, 0.1) is 0 Å². The Hall–Kier alpha value is -2.51. The molecule has 0 atom stereocenters. The summed E-state index contributed by atoms with van der Waals surface area (Å²) in [6.07, 6.45) is 5.05. The molecule has 0 amide bonds. The van der Waals surface area contributed by atoms with Gasteiger partial charge in [0.1, 0.15) is 18.8 Å². The normalized spacial score (nSPS) is 11.7. The van der Waals surface area contributed by atoms with E-state index in [1.807, 2.05) is 18.2 Å². The second-order valence-corrected chi connectivity index (χ2v) is 13.1. The van der Waals surface area contributed by atoms with Crippen LogP contribution in [0.1, 0.15) is 0 Å². The third-order valence-corrected chi connectivity index (χ3v) is 5.71. The fourth-order valence-electron chi connectivity index (χ4n) is 2.52. The summed E-state index contributed by atoms with van der Waals surface area (Å²) in [5.41, 5.74) is 2.67. The molecule has 0 aliphatic rings. The van der Waals surface area contributed by atoms with E-state index in [1.165, 1.54) is 6.33 Å². The maximum absolute atomic E-state index is 9.69. The van der Waals surface area contributed by atoms with Crippen LogP contribution in [-0.2, 0) is 11.5 Å². The van der Waals surface area contributed by atoms with Crippen LogP contribution in [0.2, 0.25) is 25.7 Å². The molecule has 0 aliphatic carbocycles. The first-order valence-corrected chi connectivity index (χ1v) is 12.3. The van der Waals surface area contributed by atoms with Crippen molar-refractivity contribution in [2.24, 2.45) is 0 Å². The number of aromatic nitrogens is 4. The van der Waals surface area contributed by atoms with Gasteiger partial charge in [-0.3, -0.25) is 4.98 Å². The van der Waals surface area contributed by atoms with Crippen LogP contribution in [0.15, 0.2) is 49.1 Å². The van der Waals surface area contributed by atoms with Gasteiger partial charge < -0.3 is 9.84 Å². The summed E-state index contributed by atoms with van der Waals surface area (Å²) in [5.74, 6) is 0.944. The van der Waals surface area contributed by atoms with Crippen molar-refractivity contribution in [2.45, 2.75) is 32.4 Å². The van der Waals surface area contributed by atoms with Crippen molar-refractivity contribution in [1.82, 2.24) is 19.7 Å². The second kappa shape index (κ2) is 7.80. The quantitative estimate of drug-likeness (QED) is 0.503. The molecule has 26 heavy (non-hydrogen) atoms. The first kappa shape index (κ1) is 18.3. The molecule has 2 heterocycles. The van der Waals surface area contributed by atoms with Gasteiger partial charge in [0.15, 0.2) is 5.82 Å². The molecule has 0 aliphatic heterocycles. The molecule has 0 radical (unpaired) electrons. The average molecular weight is 369 g/mol. The van der Waals surface area contributed by atoms with Crippen LogP contribution in [0.4, 0.5) is 0 Å². The van der Waals surface area contributed by atoms with Gasteiger partial charge in [0, 0.05) is 38.2 Å². The first-order chi connectivity index (χ1) is 12.4. The van der Waals surface area contributed by atoms with E-state index in [-0.39, 0.29) is 5.75 Å². The van der Waals surface area contributed by atoms with Crippen molar-refractivity contribution in [3.8, 4) is 28.3 Å². The highest BCUT2D eigenvalue weighted by Crippen LogP contribution is 2.26. The minimum absolute atomic E-state index is 0.229. The molecule has 0 bridgehead atoms. The Labute approximate surface area is 154 Å². The SMILES string of the molecule is C[Si](C)(C)CCOCn1ncnc1-c1cncc(-c2cccc(O)c2)c1. The van der Waals surface area contributed by atoms with Crippen molar-refractivity contribution in [3.63, 3.8) is 0 Å². The summed E-state index contributed by atoms with van der Waals surface area (Å²) >= 11 is 0. The molecule has 0 unspecified atom stereocenters. The van der Waals surface area contributed by atoms with Crippen LogP contribution in [0.25, 0.3) is 22.5 Å². The number of pyridine rings is 1. The van der Waals surface area contributed by atoms with E-state index in [4.69, 9.17) is 4.74 Å². The maximum atomic E-state index is 9.69. The summed E-state index contributed by atoms with van der Waals surface area (Å²) < 4.78 is 7.53. The lowest BCUT2D eigenvalue weighted by Gasteiger charge is -2.15. The van der Waals surface area contributed by atoms with Gasteiger partial charge in [-0.2, -0.15) is 5.10 Å². The number of phenolic OH excluding ortho intramolecular Hbond substituents is 1. The molecule has 0 saturated heterocycles. The Balaban J connectivity index is 1.76. The Morgan fingerprint density at radius 3 is 2.65 bits per heavy atom. The number of rotatable bonds is 7. The zero-order valence-electron chi connectivity index (χ0n) is 15.4. The summed E-state index contributed by atoms with van der Waals surface area (Å²) in [6.45, 7) is 8.09. The second-order valence-electron chi connectivity index (χ2n) is 7.44. The van der Waals surface area contributed by atoms with Gasteiger partial charge in [-0.05, 0) is 29.8 Å². The molecule has 3 rings (SSSR count). The van der Waals surface area contributed by atoms with E-state index in [1.54, 1.807) is 29.2 Å². The van der Waals surface area contributed by atoms with Gasteiger partial charge in [-0.15, -0.1) is 0 Å². The zero-order chi connectivity index (χ0) is 18.6. The van der Waals surface area contributed by atoms with Gasteiger partial charge in [-0.25, -0.2) is 9.67 Å². The molecule has 0 spiro atoms. The lowest BCUT2D eigenvalue weighted by molar-refractivity contribution is 0.0796. The largest absolute Gasteiger partial charge is 0.508 e. The number of phenols is 1. The van der Waals surface area contributed by atoms with E-state index in [0.29, 0.717) is 12.6 Å². The smallest absolute Gasteiger partial charge is 0.162 e. The van der Waals surface area contributed by atoms with Crippen LogP contribution >= 0.6 is 0 Å². The molecule has 0 fully saturated rings. The highest BCUT2D eigenvalue weighted by Gasteiger charge is 2.13. The highest BCUT2D eigenvalue weighted by molar-refractivity contribution is 6.76. The number of nitrogens with zero attached hydrogens (tertiary/aromatic N) is 4. The summed E-state index contributed by atoms with van der Waals surface area (Å²) in [5, 5.41) is 14.0. The van der Waals surface area contributed by atoms with Crippen LogP contribution in [-0.4, -0.2) is 39.5 Å². The highest BCUT2D eigenvalue weighted by atomic mass is 28.3. The molecule has 7 heteroatoms. The molecule has 0 saturated carbocycles. The zero-order valence-corrected chi connectivity index (χ0v) is 16.4. The van der Waals surface area contributed by atoms with E-state index < -0.39 is 8.07 Å². The van der Waals surface area contributed by atoms with Crippen LogP contribution < -0.4 is 0 Å². The molecule has 136 valence electrons. The van der Waals surface area contributed by atoms with Crippen LogP contribution in [0, 0.1) is 0 Å². The standard InChI is InChI=1S/C19H24N4O2Si/c1-26(2,3)8-7-25-14-23-19(21-13-22-23)17-9-16(11-20-12-17)15-5-4-6-18(24)10-15/h4-6,9-13,24H,7-8,14H2,1-3H3. The number of aromatic hydroxyl groups is 1.